The number of hydrogen-bond donors (Lipinski definition) is 1. The zero-order chi connectivity index (χ0) is 20.8. The van der Waals surface area contributed by atoms with Crippen molar-refractivity contribution < 1.29 is 13.9 Å². The summed E-state index contributed by atoms with van der Waals surface area (Å²) in [7, 11) is 1.65. The van der Waals surface area contributed by atoms with Crippen LogP contribution < -0.4 is 0 Å². The Hall–Kier alpha value is -2.18. The highest BCUT2D eigenvalue weighted by Crippen LogP contribution is 2.34. The number of amides is 1. The van der Waals surface area contributed by atoms with Gasteiger partial charge in [-0.3, -0.25) is 9.69 Å². The summed E-state index contributed by atoms with van der Waals surface area (Å²) in [5.41, 5.74) is 2.17. The zero-order valence-corrected chi connectivity index (χ0v) is 17.6. The second kappa shape index (κ2) is 10.0. The van der Waals surface area contributed by atoms with Gasteiger partial charge in [-0.1, -0.05) is 26.0 Å². The molecule has 29 heavy (non-hydrogen) atoms. The van der Waals surface area contributed by atoms with Crippen molar-refractivity contribution in [2.75, 3.05) is 39.9 Å². The van der Waals surface area contributed by atoms with Gasteiger partial charge in [0.2, 0.25) is 5.91 Å². The molecule has 1 fully saturated rings. The first kappa shape index (κ1) is 21.5. The number of nitrogens with zero attached hydrogens (tertiary/aromatic N) is 2. The highest BCUT2D eigenvalue weighted by molar-refractivity contribution is 5.78. The summed E-state index contributed by atoms with van der Waals surface area (Å²) >= 11 is 0. The number of benzene rings is 1. The third-order valence-corrected chi connectivity index (χ3v) is 5.68. The average Bonchev–Trinajstić information content (AvgIpc) is 3.34. The number of likely N-dealkylation sites (tertiary alicyclic amines) is 1. The molecule has 1 aliphatic rings. The fourth-order valence-electron chi connectivity index (χ4n) is 4.24. The van der Waals surface area contributed by atoms with Gasteiger partial charge in [0.15, 0.2) is 0 Å². The number of rotatable bonds is 9. The number of nitrogens with one attached hydrogen (secondary N) is 1. The Bertz CT molecular complexity index is 778. The Labute approximate surface area is 172 Å². The molecule has 1 amide bonds. The van der Waals surface area contributed by atoms with Gasteiger partial charge in [0.1, 0.15) is 5.82 Å². The number of hydrogen-bond acceptors (Lipinski definition) is 3. The molecule has 0 aliphatic carbocycles. The SMILES string of the molecule is COCCN(C[C@@H]1CN(Cc2ccc[nH]2)C[C@@H]1c1cccc(F)c1)C(=O)C(C)C. The Morgan fingerprint density at radius 2 is 2.14 bits per heavy atom. The Kier molecular flexibility index (Phi) is 7.45. The number of carbonyl (C=O) groups is 1. The first-order valence-corrected chi connectivity index (χ1v) is 10.4. The summed E-state index contributed by atoms with van der Waals surface area (Å²) in [6.07, 6.45) is 1.93. The van der Waals surface area contributed by atoms with Crippen LogP contribution in [0.3, 0.4) is 0 Å². The third-order valence-electron chi connectivity index (χ3n) is 5.68. The first-order chi connectivity index (χ1) is 14.0. The maximum Gasteiger partial charge on any atom is 0.225 e. The van der Waals surface area contributed by atoms with Gasteiger partial charge >= 0.3 is 0 Å². The molecule has 5 nitrogen and oxygen atoms in total. The molecule has 1 aromatic heterocycles. The van der Waals surface area contributed by atoms with Gasteiger partial charge in [0.05, 0.1) is 6.61 Å². The quantitative estimate of drug-likeness (QED) is 0.700. The smallest absolute Gasteiger partial charge is 0.225 e. The van der Waals surface area contributed by atoms with Crippen LogP contribution in [0.5, 0.6) is 0 Å². The van der Waals surface area contributed by atoms with E-state index in [-0.39, 0.29) is 29.5 Å². The van der Waals surface area contributed by atoms with Gasteiger partial charge in [-0.05, 0) is 35.7 Å². The molecule has 1 aromatic carbocycles. The molecule has 2 heterocycles. The summed E-state index contributed by atoms with van der Waals surface area (Å²) in [5, 5.41) is 0. The molecule has 1 saturated heterocycles. The van der Waals surface area contributed by atoms with E-state index >= 15 is 0 Å². The van der Waals surface area contributed by atoms with Crippen molar-refractivity contribution in [2.45, 2.75) is 26.3 Å². The lowest BCUT2D eigenvalue weighted by Gasteiger charge is -2.29. The van der Waals surface area contributed by atoms with Crippen molar-refractivity contribution in [1.82, 2.24) is 14.8 Å². The average molecular weight is 402 g/mol. The van der Waals surface area contributed by atoms with E-state index in [0.717, 1.165) is 30.9 Å². The summed E-state index contributed by atoms with van der Waals surface area (Å²) < 4.78 is 19.1. The lowest BCUT2D eigenvalue weighted by molar-refractivity contribution is -0.135. The van der Waals surface area contributed by atoms with Gasteiger partial charge in [0.25, 0.3) is 0 Å². The van der Waals surface area contributed by atoms with E-state index in [4.69, 9.17) is 4.74 Å². The monoisotopic (exact) mass is 401 g/mol. The van der Waals surface area contributed by atoms with Crippen LogP contribution in [0, 0.1) is 17.7 Å². The predicted octanol–water partition coefficient (Wildman–Crippen LogP) is 3.50. The minimum atomic E-state index is -0.210. The van der Waals surface area contributed by atoms with E-state index in [0.29, 0.717) is 19.7 Å². The second-order valence-electron chi connectivity index (χ2n) is 8.24. The van der Waals surface area contributed by atoms with E-state index in [1.54, 1.807) is 19.2 Å². The van der Waals surface area contributed by atoms with Gasteiger partial charge in [-0.25, -0.2) is 4.39 Å². The molecule has 0 unspecified atom stereocenters. The molecular formula is C23H32FN3O2. The molecule has 0 saturated carbocycles. The molecule has 0 radical (unpaired) electrons. The van der Waals surface area contributed by atoms with Crippen LogP contribution in [-0.2, 0) is 16.1 Å². The lowest BCUT2D eigenvalue weighted by Crippen LogP contribution is -2.41. The number of methoxy groups -OCH3 is 1. The van der Waals surface area contributed by atoms with Gasteiger partial charge in [-0.15, -0.1) is 0 Å². The molecule has 0 spiro atoms. The van der Waals surface area contributed by atoms with Crippen LogP contribution in [0.1, 0.15) is 31.0 Å². The highest BCUT2D eigenvalue weighted by Gasteiger charge is 2.36. The van der Waals surface area contributed by atoms with Crippen molar-refractivity contribution in [2.24, 2.45) is 11.8 Å². The maximum absolute atomic E-state index is 13.9. The number of ether oxygens (including phenoxy) is 1. The van der Waals surface area contributed by atoms with Crippen LogP contribution >= 0.6 is 0 Å². The molecule has 0 bridgehead atoms. The van der Waals surface area contributed by atoms with Crippen LogP contribution in [-0.4, -0.2) is 60.6 Å². The second-order valence-corrected chi connectivity index (χ2v) is 8.24. The summed E-state index contributed by atoms with van der Waals surface area (Å²) in [5.74, 6) is 0.300. The van der Waals surface area contributed by atoms with Crippen LogP contribution in [0.15, 0.2) is 42.6 Å². The fraction of sp³-hybridized carbons (Fsp3) is 0.522. The van der Waals surface area contributed by atoms with Crippen molar-refractivity contribution in [3.05, 3.63) is 59.7 Å². The predicted molar refractivity (Wildman–Crippen MR) is 112 cm³/mol. The first-order valence-electron chi connectivity index (χ1n) is 10.4. The molecule has 6 heteroatoms. The largest absolute Gasteiger partial charge is 0.383 e. The summed E-state index contributed by atoms with van der Waals surface area (Å²) in [6, 6.07) is 11.0. The van der Waals surface area contributed by atoms with Crippen molar-refractivity contribution in [3.63, 3.8) is 0 Å². The van der Waals surface area contributed by atoms with Gasteiger partial charge in [0, 0.05) is 63.6 Å². The van der Waals surface area contributed by atoms with Gasteiger partial charge < -0.3 is 14.6 Å². The van der Waals surface area contributed by atoms with Crippen molar-refractivity contribution in [1.29, 1.82) is 0 Å². The van der Waals surface area contributed by atoms with E-state index in [9.17, 15) is 9.18 Å². The minimum Gasteiger partial charge on any atom is -0.383 e. The Morgan fingerprint density at radius 3 is 2.79 bits per heavy atom. The van der Waals surface area contributed by atoms with Crippen LogP contribution in [0.2, 0.25) is 0 Å². The minimum absolute atomic E-state index is 0.0594. The number of halogens is 1. The zero-order valence-electron chi connectivity index (χ0n) is 17.6. The van der Waals surface area contributed by atoms with E-state index in [1.165, 1.54) is 6.07 Å². The number of aromatic amines is 1. The van der Waals surface area contributed by atoms with Crippen molar-refractivity contribution in [3.8, 4) is 0 Å². The van der Waals surface area contributed by atoms with Crippen LogP contribution in [0.4, 0.5) is 4.39 Å². The molecule has 1 N–H and O–H groups in total. The fourth-order valence-corrected chi connectivity index (χ4v) is 4.24. The topological polar surface area (TPSA) is 48.6 Å². The molecule has 158 valence electrons. The van der Waals surface area contributed by atoms with Crippen molar-refractivity contribution >= 4 is 5.91 Å². The molecular weight excluding hydrogens is 369 g/mol. The molecule has 2 aromatic rings. The molecule has 2 atom stereocenters. The van der Waals surface area contributed by atoms with E-state index in [1.807, 2.05) is 37.1 Å². The third kappa shape index (κ3) is 5.67. The number of carbonyl (C=O) groups excluding carboxylic acids is 1. The summed E-state index contributed by atoms with van der Waals surface area (Å²) in [6.45, 7) is 8.15. The molecule has 1 aliphatic heterocycles. The standard InChI is InChI=1S/C23H32FN3O2/c1-17(2)23(28)27(10-11-29-3)14-19-13-26(15-21-8-5-9-25-21)16-22(19)18-6-4-7-20(24)12-18/h4-9,12,17,19,22,25H,10-11,13-16H2,1-3H3/t19-,22+/m0/s1. The number of H-pyrrole nitrogens is 1. The normalized spacial score (nSPS) is 19.8. The van der Waals surface area contributed by atoms with Gasteiger partial charge in [-0.2, -0.15) is 0 Å². The van der Waals surface area contributed by atoms with Crippen LogP contribution in [0.25, 0.3) is 0 Å². The Morgan fingerprint density at radius 1 is 1.31 bits per heavy atom. The molecule has 3 rings (SSSR count). The van der Waals surface area contributed by atoms with E-state index < -0.39 is 0 Å². The number of aromatic nitrogens is 1. The maximum atomic E-state index is 13.9. The van der Waals surface area contributed by atoms with E-state index in [2.05, 4.69) is 16.0 Å². The highest BCUT2D eigenvalue weighted by atomic mass is 19.1. The summed E-state index contributed by atoms with van der Waals surface area (Å²) in [4.78, 5) is 20.3. The lowest BCUT2D eigenvalue weighted by atomic mass is 9.88. The Balaban J connectivity index is 1.79.